The van der Waals surface area contributed by atoms with Crippen molar-refractivity contribution in [1.29, 1.82) is 0 Å². The number of oxime groups is 1. The number of thiazole rings is 1. The van der Waals surface area contributed by atoms with Crippen LogP contribution in [0.4, 0.5) is 5.13 Å². The lowest BCUT2D eigenvalue weighted by atomic mass is 10.0. The zero-order chi connectivity index (χ0) is 29.6. The predicted molar refractivity (Wildman–Crippen MR) is 140 cm³/mol. The molecule has 2 aliphatic rings. The number of aromatic nitrogens is 1. The van der Waals surface area contributed by atoms with Crippen LogP contribution >= 0.6 is 23.1 Å². The molecule has 1 saturated heterocycles. The molecule has 2 amide bonds. The highest BCUT2D eigenvalue weighted by atomic mass is 32.2. The molecule has 15 nitrogen and oxygen atoms in total. The third kappa shape index (κ3) is 7.44. The van der Waals surface area contributed by atoms with E-state index in [0.29, 0.717) is 5.57 Å². The van der Waals surface area contributed by atoms with Crippen LogP contribution in [0.25, 0.3) is 0 Å². The average molecular weight is 596 g/mol. The van der Waals surface area contributed by atoms with Gasteiger partial charge in [-0.2, -0.15) is 0 Å². The average Bonchev–Trinajstić information content (AvgIpc) is 3.29. The van der Waals surface area contributed by atoms with Crippen molar-refractivity contribution >= 4 is 69.6 Å². The maximum atomic E-state index is 13.2. The van der Waals surface area contributed by atoms with Crippen molar-refractivity contribution in [3.8, 4) is 0 Å². The molecule has 2 aliphatic heterocycles. The van der Waals surface area contributed by atoms with Crippen molar-refractivity contribution in [1.82, 2.24) is 15.2 Å². The van der Waals surface area contributed by atoms with Crippen LogP contribution in [0.15, 0.2) is 34.0 Å². The fraction of sp³-hybridized carbons (Fsp3) is 0.391. The van der Waals surface area contributed by atoms with Gasteiger partial charge in [0.15, 0.2) is 10.8 Å². The zero-order valence-electron chi connectivity index (χ0n) is 21.7. The minimum Gasteiger partial charge on any atom is -0.462 e. The topological polar surface area (TPSA) is 206 Å². The first-order chi connectivity index (χ1) is 18.9. The van der Waals surface area contributed by atoms with Crippen LogP contribution in [0.2, 0.25) is 0 Å². The van der Waals surface area contributed by atoms with Crippen molar-refractivity contribution in [3.63, 3.8) is 0 Å². The Kier molecular flexibility index (Phi) is 10.0. The Morgan fingerprint density at radius 2 is 1.93 bits per heavy atom. The van der Waals surface area contributed by atoms with E-state index in [9.17, 15) is 28.8 Å². The van der Waals surface area contributed by atoms with E-state index in [2.05, 4.69) is 20.3 Å². The van der Waals surface area contributed by atoms with Crippen molar-refractivity contribution in [2.24, 2.45) is 5.16 Å². The summed E-state index contributed by atoms with van der Waals surface area (Å²) in [6.45, 7) is 4.74. The Bertz CT molecular complexity index is 1320. The summed E-state index contributed by atoms with van der Waals surface area (Å²) >= 11 is 2.27. The van der Waals surface area contributed by atoms with Gasteiger partial charge in [0.2, 0.25) is 6.29 Å². The van der Waals surface area contributed by atoms with E-state index in [1.165, 1.54) is 43.1 Å². The van der Waals surface area contributed by atoms with Gasteiger partial charge in [-0.15, -0.1) is 23.1 Å². The number of carbonyl (C=O) groups excluding carboxylic acids is 6. The Morgan fingerprint density at radius 3 is 2.52 bits per heavy atom. The lowest BCUT2D eigenvalue weighted by Gasteiger charge is -2.49. The van der Waals surface area contributed by atoms with Gasteiger partial charge in [-0.05, 0) is 11.6 Å². The first-order valence-corrected chi connectivity index (χ1v) is 13.5. The van der Waals surface area contributed by atoms with E-state index < -0.39 is 53.4 Å². The van der Waals surface area contributed by atoms with Gasteiger partial charge in [0.25, 0.3) is 11.8 Å². The molecule has 0 aliphatic carbocycles. The van der Waals surface area contributed by atoms with Gasteiger partial charge in [-0.1, -0.05) is 11.2 Å². The number of thioether (sulfide) groups is 1. The van der Waals surface area contributed by atoms with Crippen molar-refractivity contribution in [2.75, 3.05) is 18.1 Å². The van der Waals surface area contributed by atoms with Crippen LogP contribution < -0.4 is 11.1 Å². The number of anilines is 1. The van der Waals surface area contributed by atoms with Gasteiger partial charge in [0.05, 0.1) is 0 Å². The molecule has 214 valence electrons. The number of nitrogens with two attached hydrogens (primary N) is 1. The molecule has 0 saturated carbocycles. The van der Waals surface area contributed by atoms with Gasteiger partial charge in [-0.3, -0.25) is 24.1 Å². The third-order valence-corrected chi connectivity index (χ3v) is 7.01. The summed E-state index contributed by atoms with van der Waals surface area (Å²) in [4.78, 5) is 82.6. The van der Waals surface area contributed by atoms with E-state index in [4.69, 9.17) is 19.9 Å². The molecule has 17 heteroatoms. The number of hydrogen-bond acceptors (Lipinski definition) is 15. The summed E-state index contributed by atoms with van der Waals surface area (Å²) in [7, 11) is 0. The fourth-order valence-electron chi connectivity index (χ4n) is 3.50. The number of nitrogens with one attached hydrogen (secondary N) is 1. The molecule has 3 N–H and O–H groups in total. The molecule has 0 radical (unpaired) electrons. The Morgan fingerprint density at radius 1 is 1.20 bits per heavy atom. The molecule has 1 fully saturated rings. The summed E-state index contributed by atoms with van der Waals surface area (Å²) in [5.74, 6) is -4.21. The predicted octanol–water partition coefficient (Wildman–Crippen LogP) is 0.218. The number of fused-ring (bicyclic) bond motifs is 1. The van der Waals surface area contributed by atoms with Crippen LogP contribution in [0.5, 0.6) is 0 Å². The van der Waals surface area contributed by atoms with Crippen LogP contribution in [0.3, 0.4) is 0 Å². The highest BCUT2D eigenvalue weighted by Crippen LogP contribution is 2.41. The molecule has 1 aromatic rings. The van der Waals surface area contributed by atoms with Gasteiger partial charge in [0.1, 0.15) is 29.4 Å². The monoisotopic (exact) mass is 595 g/mol. The second-order valence-corrected chi connectivity index (χ2v) is 10.1. The number of allylic oxidation sites excluding steroid dienone is 1. The summed E-state index contributed by atoms with van der Waals surface area (Å²) in [6, 6.07) is -1.09. The van der Waals surface area contributed by atoms with Crippen LogP contribution in [0.1, 0.15) is 33.4 Å². The van der Waals surface area contributed by atoms with Crippen molar-refractivity contribution in [2.45, 2.75) is 45.4 Å². The standard InChI is InChI=1S/C23H25N5O10S2/c1-10(29)35-7-5-6-14-8-39-21-17(20(33)28(21)18(14)22(34)37-13(4)36-11(2)30)26-19(32)16(27-38-12(3)31)15-9-40-23(24)25-15/h5-6,9,13,17,21H,7-8H2,1-4H3,(H2,24,25)(H,26,32)/b6-5-,27-16+/t13?,17?,21-/m1/s1. The van der Waals surface area contributed by atoms with E-state index in [0.717, 1.165) is 30.1 Å². The smallest absolute Gasteiger partial charge is 0.358 e. The Labute approximate surface area is 235 Å². The van der Waals surface area contributed by atoms with Crippen LogP contribution in [-0.2, 0) is 47.8 Å². The van der Waals surface area contributed by atoms with E-state index in [1.54, 1.807) is 0 Å². The number of hydrogen-bond donors (Lipinski definition) is 2. The van der Waals surface area contributed by atoms with Gasteiger partial charge < -0.3 is 30.1 Å². The molecule has 3 rings (SSSR count). The minimum absolute atomic E-state index is 0.0324. The van der Waals surface area contributed by atoms with Crippen LogP contribution in [0, 0.1) is 0 Å². The van der Waals surface area contributed by atoms with E-state index in [-0.39, 0.29) is 34.6 Å². The number of ether oxygens (including phenoxy) is 3. The normalized spacial score (nSPS) is 19.4. The lowest BCUT2D eigenvalue weighted by Crippen LogP contribution is -2.71. The number of nitrogen functional groups attached to an aromatic ring is 1. The minimum atomic E-state index is -1.24. The molecular weight excluding hydrogens is 570 g/mol. The molecule has 3 heterocycles. The highest BCUT2D eigenvalue weighted by Gasteiger charge is 2.54. The number of nitrogens with zero attached hydrogens (tertiary/aromatic N) is 3. The van der Waals surface area contributed by atoms with E-state index in [1.807, 2.05) is 0 Å². The molecule has 1 aromatic heterocycles. The Hall–Kier alpha value is -4.25. The number of β-lactam (4-membered cyclic amide) rings is 1. The number of carbonyl (C=O) groups is 6. The third-order valence-electron chi connectivity index (χ3n) is 5.03. The molecule has 40 heavy (non-hydrogen) atoms. The lowest BCUT2D eigenvalue weighted by molar-refractivity contribution is -0.182. The molecule has 2 unspecified atom stereocenters. The second kappa shape index (κ2) is 13.2. The Balaban J connectivity index is 1.84. The number of rotatable bonds is 10. The van der Waals surface area contributed by atoms with Gasteiger partial charge in [-0.25, -0.2) is 14.6 Å². The first-order valence-electron chi connectivity index (χ1n) is 11.5. The highest BCUT2D eigenvalue weighted by molar-refractivity contribution is 8.00. The summed E-state index contributed by atoms with van der Waals surface area (Å²) in [5, 5.41) is 6.94. The fourth-order valence-corrected chi connectivity index (χ4v) is 5.37. The summed E-state index contributed by atoms with van der Waals surface area (Å²) < 4.78 is 14.9. The molecule has 3 atom stereocenters. The molecule has 0 bridgehead atoms. The molecule has 0 aromatic carbocycles. The quantitative estimate of drug-likeness (QED) is 0.0928. The van der Waals surface area contributed by atoms with Crippen LogP contribution in [-0.4, -0.2) is 81.4 Å². The van der Waals surface area contributed by atoms with Crippen molar-refractivity contribution < 1.29 is 47.8 Å². The molecular formula is C23H25N5O10S2. The summed E-state index contributed by atoms with van der Waals surface area (Å²) in [6.07, 6.45) is 1.75. The van der Waals surface area contributed by atoms with Crippen molar-refractivity contribution in [3.05, 3.63) is 34.5 Å². The van der Waals surface area contributed by atoms with E-state index >= 15 is 0 Å². The summed E-state index contributed by atoms with van der Waals surface area (Å²) in [5.41, 5.74) is 5.54. The largest absolute Gasteiger partial charge is 0.462 e. The maximum absolute atomic E-state index is 13.2. The molecule has 0 spiro atoms. The van der Waals surface area contributed by atoms with Gasteiger partial charge >= 0.3 is 23.9 Å². The first kappa shape index (κ1) is 30.3. The number of esters is 3. The second-order valence-electron chi connectivity index (χ2n) is 8.12. The number of amides is 2. The maximum Gasteiger partial charge on any atom is 0.358 e. The zero-order valence-corrected chi connectivity index (χ0v) is 23.3. The van der Waals surface area contributed by atoms with Gasteiger partial charge in [0, 0.05) is 38.8 Å². The SMILES string of the molecule is CC(=O)OC/C=C\C1=C(C(=O)OC(C)OC(C)=O)N2C(=O)C(NC(=O)/C(=N/OC(C)=O)c3csc(N)n3)[C@H]2SC1.